The van der Waals surface area contributed by atoms with Gasteiger partial charge in [0.05, 0.1) is 0 Å². The SMILES string of the molecule is CN1CCN(C(=O)/C=C/C(=O)c2ccccc2)CC1. The molecule has 0 bridgehead atoms. The zero-order valence-corrected chi connectivity index (χ0v) is 11.1. The van der Waals surface area contributed by atoms with E-state index in [4.69, 9.17) is 0 Å². The van der Waals surface area contributed by atoms with Crippen LogP contribution in [0, 0.1) is 0 Å². The third kappa shape index (κ3) is 3.76. The predicted molar refractivity (Wildman–Crippen MR) is 74.0 cm³/mol. The van der Waals surface area contributed by atoms with Crippen LogP contribution in [0.3, 0.4) is 0 Å². The van der Waals surface area contributed by atoms with Gasteiger partial charge in [-0.15, -0.1) is 0 Å². The van der Waals surface area contributed by atoms with Gasteiger partial charge in [-0.05, 0) is 13.1 Å². The van der Waals surface area contributed by atoms with E-state index in [9.17, 15) is 9.59 Å². The Balaban J connectivity index is 1.92. The molecule has 100 valence electrons. The van der Waals surface area contributed by atoms with Crippen LogP contribution in [0.1, 0.15) is 10.4 Å². The van der Waals surface area contributed by atoms with E-state index in [1.807, 2.05) is 25.2 Å². The lowest BCUT2D eigenvalue weighted by Crippen LogP contribution is -2.46. The Morgan fingerprint density at radius 1 is 1.00 bits per heavy atom. The molecule has 2 rings (SSSR count). The lowest BCUT2D eigenvalue weighted by atomic mass is 10.1. The maximum Gasteiger partial charge on any atom is 0.246 e. The molecule has 1 aromatic carbocycles. The van der Waals surface area contributed by atoms with E-state index in [1.165, 1.54) is 12.2 Å². The molecule has 0 saturated carbocycles. The number of nitrogens with zero attached hydrogens (tertiary/aromatic N) is 2. The second-order valence-electron chi connectivity index (χ2n) is 4.69. The summed E-state index contributed by atoms with van der Waals surface area (Å²) >= 11 is 0. The molecule has 1 fully saturated rings. The molecule has 19 heavy (non-hydrogen) atoms. The van der Waals surface area contributed by atoms with Crippen LogP contribution < -0.4 is 0 Å². The molecule has 0 spiro atoms. The van der Waals surface area contributed by atoms with Gasteiger partial charge in [0.1, 0.15) is 0 Å². The minimum absolute atomic E-state index is 0.0858. The van der Waals surface area contributed by atoms with Crippen molar-refractivity contribution in [3.8, 4) is 0 Å². The standard InChI is InChI=1S/C15H18N2O2/c1-16-9-11-17(12-10-16)15(19)8-7-14(18)13-5-3-2-4-6-13/h2-8H,9-12H2,1H3/b8-7+. The monoisotopic (exact) mass is 258 g/mol. The Morgan fingerprint density at radius 2 is 1.63 bits per heavy atom. The van der Waals surface area contributed by atoms with Crippen molar-refractivity contribution in [2.45, 2.75) is 0 Å². The molecule has 0 N–H and O–H groups in total. The number of likely N-dealkylation sites (N-methyl/N-ethyl adjacent to an activating group) is 1. The number of ketones is 1. The molecule has 1 aromatic rings. The van der Waals surface area contributed by atoms with Gasteiger partial charge < -0.3 is 9.80 Å². The summed E-state index contributed by atoms with van der Waals surface area (Å²) in [5.74, 6) is -0.222. The van der Waals surface area contributed by atoms with E-state index in [2.05, 4.69) is 4.90 Å². The normalized spacial score (nSPS) is 16.8. The fourth-order valence-corrected chi connectivity index (χ4v) is 1.98. The van der Waals surface area contributed by atoms with Gasteiger partial charge in [-0.1, -0.05) is 30.3 Å². The summed E-state index contributed by atoms with van der Waals surface area (Å²) in [6.07, 6.45) is 2.73. The second-order valence-corrected chi connectivity index (χ2v) is 4.69. The molecule has 4 heteroatoms. The van der Waals surface area contributed by atoms with Gasteiger partial charge in [0.25, 0.3) is 0 Å². The van der Waals surface area contributed by atoms with E-state index < -0.39 is 0 Å². The average molecular weight is 258 g/mol. The smallest absolute Gasteiger partial charge is 0.246 e. The summed E-state index contributed by atoms with van der Waals surface area (Å²) in [7, 11) is 2.04. The number of hydrogen-bond acceptors (Lipinski definition) is 3. The van der Waals surface area contributed by atoms with Crippen LogP contribution in [0.4, 0.5) is 0 Å². The van der Waals surface area contributed by atoms with Crippen LogP contribution in [0.15, 0.2) is 42.5 Å². The maximum absolute atomic E-state index is 11.9. The molecule has 4 nitrogen and oxygen atoms in total. The third-order valence-electron chi connectivity index (χ3n) is 3.25. The van der Waals surface area contributed by atoms with Crippen molar-refractivity contribution in [2.75, 3.05) is 33.2 Å². The van der Waals surface area contributed by atoms with E-state index in [0.29, 0.717) is 5.56 Å². The van der Waals surface area contributed by atoms with Gasteiger partial charge in [0.2, 0.25) is 5.91 Å². The molecule has 1 heterocycles. The first kappa shape index (κ1) is 13.5. The Kier molecular flexibility index (Phi) is 4.47. The Hall–Kier alpha value is -1.94. The number of amides is 1. The van der Waals surface area contributed by atoms with Crippen molar-refractivity contribution < 1.29 is 9.59 Å². The van der Waals surface area contributed by atoms with Crippen LogP contribution in [-0.2, 0) is 4.79 Å². The van der Waals surface area contributed by atoms with Crippen molar-refractivity contribution in [1.82, 2.24) is 9.80 Å². The lowest BCUT2D eigenvalue weighted by Gasteiger charge is -2.31. The Bertz CT molecular complexity index is 474. The molecule has 1 saturated heterocycles. The highest BCUT2D eigenvalue weighted by Crippen LogP contribution is 2.03. The van der Waals surface area contributed by atoms with Gasteiger partial charge in [-0.25, -0.2) is 0 Å². The number of carbonyl (C=O) groups excluding carboxylic acids is 2. The highest BCUT2D eigenvalue weighted by atomic mass is 16.2. The summed E-state index contributed by atoms with van der Waals surface area (Å²) in [5.41, 5.74) is 0.602. The first-order valence-electron chi connectivity index (χ1n) is 6.42. The molecular formula is C15H18N2O2. The van der Waals surface area contributed by atoms with Crippen molar-refractivity contribution in [3.05, 3.63) is 48.0 Å². The van der Waals surface area contributed by atoms with Gasteiger partial charge in [-0.2, -0.15) is 0 Å². The first-order chi connectivity index (χ1) is 9.16. The predicted octanol–water partition coefficient (Wildman–Crippen LogP) is 1.20. The molecular weight excluding hydrogens is 240 g/mol. The van der Waals surface area contributed by atoms with Gasteiger partial charge in [-0.3, -0.25) is 9.59 Å². The highest BCUT2D eigenvalue weighted by Gasteiger charge is 2.17. The lowest BCUT2D eigenvalue weighted by molar-refractivity contribution is -0.127. The van der Waals surface area contributed by atoms with Crippen LogP contribution >= 0.6 is 0 Å². The summed E-state index contributed by atoms with van der Waals surface area (Å²) < 4.78 is 0. The van der Waals surface area contributed by atoms with E-state index in [-0.39, 0.29) is 11.7 Å². The van der Waals surface area contributed by atoms with Crippen molar-refractivity contribution >= 4 is 11.7 Å². The molecule has 1 aliphatic heterocycles. The van der Waals surface area contributed by atoms with Crippen LogP contribution in [-0.4, -0.2) is 54.7 Å². The van der Waals surface area contributed by atoms with Crippen molar-refractivity contribution in [3.63, 3.8) is 0 Å². The fourth-order valence-electron chi connectivity index (χ4n) is 1.98. The zero-order valence-electron chi connectivity index (χ0n) is 11.1. The number of allylic oxidation sites excluding steroid dienone is 1. The van der Waals surface area contributed by atoms with E-state index >= 15 is 0 Å². The first-order valence-corrected chi connectivity index (χ1v) is 6.42. The third-order valence-corrected chi connectivity index (χ3v) is 3.25. The van der Waals surface area contributed by atoms with Crippen LogP contribution in [0.5, 0.6) is 0 Å². The molecule has 0 atom stereocenters. The summed E-state index contributed by atoms with van der Waals surface area (Å²) in [4.78, 5) is 27.7. The summed E-state index contributed by atoms with van der Waals surface area (Å²) in [6, 6.07) is 8.96. The quantitative estimate of drug-likeness (QED) is 0.604. The maximum atomic E-state index is 11.9. The minimum atomic E-state index is -0.136. The summed E-state index contributed by atoms with van der Waals surface area (Å²) in [6.45, 7) is 3.21. The highest BCUT2D eigenvalue weighted by molar-refractivity contribution is 6.07. The largest absolute Gasteiger partial charge is 0.337 e. The Labute approximate surface area is 113 Å². The summed E-state index contributed by atoms with van der Waals surface area (Å²) in [5, 5.41) is 0. The topological polar surface area (TPSA) is 40.6 Å². The second kappa shape index (κ2) is 6.29. The zero-order chi connectivity index (χ0) is 13.7. The molecule has 0 aliphatic carbocycles. The van der Waals surface area contributed by atoms with Gasteiger partial charge in [0.15, 0.2) is 5.78 Å². The van der Waals surface area contributed by atoms with Crippen molar-refractivity contribution in [2.24, 2.45) is 0 Å². The van der Waals surface area contributed by atoms with Gasteiger partial charge in [0, 0.05) is 37.8 Å². The Morgan fingerprint density at radius 3 is 2.26 bits per heavy atom. The molecule has 0 aromatic heterocycles. The molecule has 0 unspecified atom stereocenters. The van der Waals surface area contributed by atoms with Crippen LogP contribution in [0.2, 0.25) is 0 Å². The molecule has 1 amide bonds. The number of benzene rings is 1. The number of rotatable bonds is 3. The molecule has 1 aliphatic rings. The fraction of sp³-hybridized carbons (Fsp3) is 0.333. The average Bonchev–Trinajstić information content (AvgIpc) is 2.46. The van der Waals surface area contributed by atoms with E-state index in [0.717, 1.165) is 26.2 Å². The van der Waals surface area contributed by atoms with Crippen molar-refractivity contribution in [1.29, 1.82) is 0 Å². The molecule has 0 radical (unpaired) electrons. The number of carbonyl (C=O) groups is 2. The minimum Gasteiger partial charge on any atom is -0.337 e. The van der Waals surface area contributed by atoms with E-state index in [1.54, 1.807) is 17.0 Å². The van der Waals surface area contributed by atoms with Gasteiger partial charge >= 0.3 is 0 Å². The number of hydrogen-bond donors (Lipinski definition) is 0. The van der Waals surface area contributed by atoms with Crippen LogP contribution in [0.25, 0.3) is 0 Å². The number of piperazine rings is 1.